The molecule has 3 N–H and O–H groups in total. The molecule has 2 aliphatic heterocycles. The van der Waals surface area contributed by atoms with E-state index in [0.29, 0.717) is 26.3 Å². The smallest absolute Gasteiger partial charge is 0.234 e. The second-order valence-electron chi connectivity index (χ2n) is 7.55. The number of nitrogens with one attached hydrogen (secondary N) is 2. The monoisotopic (exact) mass is 417 g/mol. The summed E-state index contributed by atoms with van der Waals surface area (Å²) in [6.45, 7) is 3.34. The Labute approximate surface area is 177 Å². The first-order chi connectivity index (χ1) is 14.6. The minimum Gasteiger partial charge on any atom is -0.394 e. The number of aliphatic hydroxyl groups excluding tert-OH is 1. The van der Waals surface area contributed by atoms with Crippen molar-refractivity contribution in [2.75, 3.05) is 46.0 Å². The Balaban J connectivity index is 1.41. The molecular formula is C22H31N3O5. The number of carbonyl (C=O) groups is 2. The van der Waals surface area contributed by atoms with Crippen LogP contribution in [-0.2, 0) is 25.5 Å². The van der Waals surface area contributed by atoms with Gasteiger partial charge in [-0.1, -0.05) is 42.5 Å². The lowest BCUT2D eigenvalue weighted by molar-refractivity contribution is -0.129. The van der Waals surface area contributed by atoms with Crippen molar-refractivity contribution in [3.05, 3.63) is 48.0 Å². The van der Waals surface area contributed by atoms with Gasteiger partial charge in [0.05, 0.1) is 44.9 Å². The molecule has 0 bridgehead atoms. The van der Waals surface area contributed by atoms with E-state index < -0.39 is 18.2 Å². The van der Waals surface area contributed by atoms with Crippen molar-refractivity contribution >= 4 is 11.8 Å². The standard InChI is InChI=1S/C22H31N3O5/c26-16-20-19(24-22(28)15-25-10-12-29-13-11-25)7-6-18(30-20)14-21(27)23-9-8-17-4-2-1-3-5-17/h1-7,18-20,26H,8-16H2,(H,23,27)(H,24,28)/t18-,19-,20+/m0/s1. The molecule has 0 spiro atoms. The van der Waals surface area contributed by atoms with Crippen LogP contribution in [0.5, 0.6) is 0 Å². The highest BCUT2D eigenvalue weighted by molar-refractivity contribution is 5.79. The Bertz CT molecular complexity index is 706. The van der Waals surface area contributed by atoms with Crippen molar-refractivity contribution in [1.82, 2.24) is 15.5 Å². The van der Waals surface area contributed by atoms with E-state index in [9.17, 15) is 14.7 Å². The zero-order valence-electron chi connectivity index (χ0n) is 17.2. The third-order valence-corrected chi connectivity index (χ3v) is 5.23. The van der Waals surface area contributed by atoms with Crippen LogP contribution in [0.2, 0.25) is 0 Å². The van der Waals surface area contributed by atoms with E-state index in [2.05, 4.69) is 10.6 Å². The topological polar surface area (TPSA) is 100 Å². The Morgan fingerprint density at radius 1 is 1.10 bits per heavy atom. The number of ether oxygens (including phenoxy) is 2. The number of aliphatic hydroxyl groups is 1. The zero-order chi connectivity index (χ0) is 21.2. The summed E-state index contributed by atoms with van der Waals surface area (Å²) in [6, 6.07) is 9.55. The predicted octanol–water partition coefficient (Wildman–Crippen LogP) is -0.132. The van der Waals surface area contributed by atoms with Gasteiger partial charge < -0.3 is 25.2 Å². The maximum absolute atomic E-state index is 12.3. The molecule has 3 rings (SSSR count). The van der Waals surface area contributed by atoms with Gasteiger partial charge in [-0.2, -0.15) is 0 Å². The number of rotatable bonds is 9. The fourth-order valence-corrected chi connectivity index (χ4v) is 3.58. The molecule has 0 aliphatic carbocycles. The van der Waals surface area contributed by atoms with Crippen LogP contribution in [0.15, 0.2) is 42.5 Å². The fraction of sp³-hybridized carbons (Fsp3) is 0.545. The van der Waals surface area contributed by atoms with Crippen LogP contribution in [0.1, 0.15) is 12.0 Å². The van der Waals surface area contributed by atoms with Gasteiger partial charge >= 0.3 is 0 Å². The number of hydrogen-bond acceptors (Lipinski definition) is 6. The Morgan fingerprint density at radius 3 is 2.60 bits per heavy atom. The molecule has 2 aliphatic rings. The number of morpholine rings is 1. The van der Waals surface area contributed by atoms with Crippen molar-refractivity contribution in [2.45, 2.75) is 31.1 Å². The summed E-state index contributed by atoms with van der Waals surface area (Å²) in [7, 11) is 0. The molecule has 2 heterocycles. The van der Waals surface area contributed by atoms with E-state index in [1.807, 2.05) is 41.3 Å². The van der Waals surface area contributed by atoms with Crippen LogP contribution in [0, 0.1) is 0 Å². The van der Waals surface area contributed by atoms with Crippen LogP contribution in [0.3, 0.4) is 0 Å². The van der Waals surface area contributed by atoms with E-state index in [4.69, 9.17) is 9.47 Å². The lowest BCUT2D eigenvalue weighted by atomic mass is 10.0. The molecule has 0 unspecified atom stereocenters. The Hall–Kier alpha value is -2.26. The average molecular weight is 418 g/mol. The van der Waals surface area contributed by atoms with Gasteiger partial charge in [-0.25, -0.2) is 0 Å². The molecule has 8 nitrogen and oxygen atoms in total. The van der Waals surface area contributed by atoms with E-state index in [0.717, 1.165) is 19.5 Å². The maximum atomic E-state index is 12.3. The van der Waals surface area contributed by atoms with Crippen molar-refractivity contribution in [1.29, 1.82) is 0 Å². The summed E-state index contributed by atoms with van der Waals surface area (Å²) < 4.78 is 11.1. The summed E-state index contributed by atoms with van der Waals surface area (Å²) in [4.78, 5) is 26.5. The number of amides is 2. The first-order valence-electron chi connectivity index (χ1n) is 10.5. The van der Waals surface area contributed by atoms with Gasteiger partial charge in [0.15, 0.2) is 0 Å². The zero-order valence-corrected chi connectivity index (χ0v) is 17.2. The molecule has 2 amide bonds. The van der Waals surface area contributed by atoms with Crippen LogP contribution >= 0.6 is 0 Å². The fourth-order valence-electron chi connectivity index (χ4n) is 3.58. The third-order valence-electron chi connectivity index (χ3n) is 5.23. The van der Waals surface area contributed by atoms with Crippen LogP contribution in [0.4, 0.5) is 0 Å². The minimum absolute atomic E-state index is 0.105. The van der Waals surface area contributed by atoms with Gasteiger partial charge in [0.25, 0.3) is 0 Å². The van der Waals surface area contributed by atoms with Crippen molar-refractivity contribution < 1.29 is 24.2 Å². The summed E-state index contributed by atoms with van der Waals surface area (Å²) >= 11 is 0. The van der Waals surface area contributed by atoms with Crippen molar-refractivity contribution in [3.8, 4) is 0 Å². The molecule has 0 aromatic heterocycles. The van der Waals surface area contributed by atoms with Gasteiger partial charge in [-0.05, 0) is 12.0 Å². The first-order valence-corrected chi connectivity index (χ1v) is 10.5. The molecule has 1 aromatic rings. The lowest BCUT2D eigenvalue weighted by Gasteiger charge is -2.32. The van der Waals surface area contributed by atoms with Crippen LogP contribution in [-0.4, -0.2) is 86.1 Å². The second kappa shape index (κ2) is 11.8. The maximum Gasteiger partial charge on any atom is 0.234 e. The molecule has 1 fully saturated rings. The molecule has 0 radical (unpaired) electrons. The Kier molecular flexibility index (Phi) is 8.82. The van der Waals surface area contributed by atoms with Gasteiger partial charge in [-0.15, -0.1) is 0 Å². The summed E-state index contributed by atoms with van der Waals surface area (Å²) in [6.07, 6.45) is 3.53. The number of carbonyl (C=O) groups excluding carboxylic acids is 2. The molecule has 0 saturated carbocycles. The van der Waals surface area contributed by atoms with Gasteiger partial charge in [0.2, 0.25) is 11.8 Å². The SMILES string of the molecule is O=C(C[C@@H]1C=C[C@H](NC(=O)CN2CCOCC2)[C@@H](CO)O1)NCCc1ccccc1. The average Bonchev–Trinajstić information content (AvgIpc) is 2.76. The molecule has 1 aromatic carbocycles. The van der Waals surface area contributed by atoms with Crippen LogP contribution in [0.25, 0.3) is 0 Å². The molecule has 1 saturated heterocycles. The number of benzene rings is 1. The normalized spacial score (nSPS) is 24.4. The van der Waals surface area contributed by atoms with Gasteiger partial charge in [0.1, 0.15) is 6.10 Å². The number of hydrogen-bond donors (Lipinski definition) is 3. The molecule has 164 valence electrons. The summed E-state index contributed by atoms with van der Waals surface area (Å²) in [5.41, 5.74) is 1.17. The van der Waals surface area contributed by atoms with E-state index in [1.54, 1.807) is 6.08 Å². The van der Waals surface area contributed by atoms with Crippen molar-refractivity contribution in [3.63, 3.8) is 0 Å². The highest BCUT2D eigenvalue weighted by Gasteiger charge is 2.29. The summed E-state index contributed by atoms with van der Waals surface area (Å²) in [5.74, 6) is -0.224. The Morgan fingerprint density at radius 2 is 1.87 bits per heavy atom. The van der Waals surface area contributed by atoms with Gasteiger partial charge in [-0.3, -0.25) is 14.5 Å². The molecule has 30 heavy (non-hydrogen) atoms. The molecule has 8 heteroatoms. The highest BCUT2D eigenvalue weighted by Crippen LogP contribution is 2.16. The van der Waals surface area contributed by atoms with Gasteiger partial charge in [0, 0.05) is 19.6 Å². The van der Waals surface area contributed by atoms with Crippen LogP contribution < -0.4 is 10.6 Å². The summed E-state index contributed by atoms with van der Waals surface area (Å²) in [5, 5.41) is 15.5. The second-order valence-corrected chi connectivity index (χ2v) is 7.55. The first kappa shape index (κ1) is 22.4. The minimum atomic E-state index is -0.578. The molecular weight excluding hydrogens is 386 g/mol. The van der Waals surface area contributed by atoms with E-state index in [1.165, 1.54) is 5.56 Å². The third kappa shape index (κ3) is 7.21. The largest absolute Gasteiger partial charge is 0.394 e. The lowest BCUT2D eigenvalue weighted by Crippen LogP contribution is -2.52. The quantitative estimate of drug-likeness (QED) is 0.484. The van der Waals surface area contributed by atoms with E-state index >= 15 is 0 Å². The highest BCUT2D eigenvalue weighted by atomic mass is 16.5. The van der Waals surface area contributed by atoms with Crippen molar-refractivity contribution in [2.24, 2.45) is 0 Å². The predicted molar refractivity (Wildman–Crippen MR) is 112 cm³/mol. The molecule has 3 atom stereocenters. The van der Waals surface area contributed by atoms with E-state index in [-0.39, 0.29) is 24.8 Å². The number of nitrogens with zero attached hydrogens (tertiary/aromatic N) is 1.